The predicted octanol–water partition coefficient (Wildman–Crippen LogP) is 1.62. The Morgan fingerprint density at radius 1 is 1.56 bits per heavy atom. The van der Waals surface area contributed by atoms with Gasteiger partial charge in [0.05, 0.1) is 5.75 Å². The second kappa shape index (κ2) is 6.17. The molecule has 1 aromatic rings. The van der Waals surface area contributed by atoms with E-state index in [1.54, 1.807) is 12.1 Å². The van der Waals surface area contributed by atoms with Gasteiger partial charge in [-0.2, -0.15) is 0 Å². The summed E-state index contributed by atoms with van der Waals surface area (Å²) < 4.78 is 31.1. The fraction of sp³-hybridized carbons (Fsp3) is 0.444. The van der Waals surface area contributed by atoms with Crippen molar-refractivity contribution in [2.24, 2.45) is 0 Å². The van der Waals surface area contributed by atoms with Gasteiger partial charge >= 0.3 is 0 Å². The van der Waals surface area contributed by atoms with Crippen molar-refractivity contribution in [2.45, 2.75) is 6.42 Å². The van der Waals surface area contributed by atoms with Crippen LogP contribution in [0, 0.1) is 0 Å². The first-order valence-electron chi connectivity index (χ1n) is 4.64. The number of nitrogens with zero attached hydrogens (tertiary/aromatic N) is 1. The molecule has 1 rings (SSSR count). The Morgan fingerprint density at radius 3 is 2.94 bits per heavy atom. The van der Waals surface area contributed by atoms with Crippen molar-refractivity contribution >= 4 is 31.8 Å². The van der Waals surface area contributed by atoms with Crippen molar-refractivity contribution < 1.29 is 13.2 Å². The van der Waals surface area contributed by atoms with Crippen LogP contribution in [0.5, 0.6) is 0 Å². The van der Waals surface area contributed by atoms with E-state index in [0.29, 0.717) is 18.8 Å². The van der Waals surface area contributed by atoms with E-state index in [0.717, 1.165) is 4.47 Å². The van der Waals surface area contributed by atoms with Crippen LogP contribution in [0.4, 0.5) is 5.82 Å². The maximum absolute atomic E-state index is 11.6. The molecule has 1 heterocycles. The molecule has 0 bridgehead atoms. The van der Waals surface area contributed by atoms with Crippen molar-refractivity contribution in [3.05, 3.63) is 22.8 Å². The van der Waals surface area contributed by atoms with Gasteiger partial charge in [0.15, 0.2) is 0 Å². The highest BCUT2D eigenvalue weighted by Gasteiger charge is 2.10. The lowest BCUT2D eigenvalue weighted by Crippen LogP contribution is -2.18. The van der Waals surface area contributed by atoms with Crippen LogP contribution < -0.4 is 4.72 Å². The Labute approximate surface area is 103 Å². The molecule has 0 spiro atoms. The zero-order valence-electron chi connectivity index (χ0n) is 8.81. The summed E-state index contributed by atoms with van der Waals surface area (Å²) >= 11 is 3.24. The standard InChI is InChI=1S/C9H13BrN2O3S/c1-15-5-2-6-16(13,14)12-9-7-8(10)3-4-11-9/h3-4,7H,2,5-6H2,1H3,(H,11,12). The number of methoxy groups -OCH3 is 1. The fourth-order valence-corrected chi connectivity index (χ4v) is 2.43. The van der Waals surface area contributed by atoms with Gasteiger partial charge in [-0.1, -0.05) is 15.9 Å². The molecule has 0 aliphatic carbocycles. The molecule has 0 amide bonds. The molecule has 5 nitrogen and oxygen atoms in total. The molecular weight excluding hydrogens is 296 g/mol. The first kappa shape index (κ1) is 13.4. The highest BCUT2D eigenvalue weighted by molar-refractivity contribution is 9.10. The van der Waals surface area contributed by atoms with Crippen LogP contribution in [0.2, 0.25) is 0 Å². The smallest absolute Gasteiger partial charge is 0.233 e. The average molecular weight is 309 g/mol. The van der Waals surface area contributed by atoms with Crippen LogP contribution >= 0.6 is 15.9 Å². The maximum Gasteiger partial charge on any atom is 0.233 e. The first-order valence-corrected chi connectivity index (χ1v) is 7.09. The Kier molecular flexibility index (Phi) is 5.17. The monoisotopic (exact) mass is 308 g/mol. The van der Waals surface area contributed by atoms with Gasteiger partial charge in [0.1, 0.15) is 5.82 Å². The lowest BCUT2D eigenvalue weighted by atomic mass is 10.5. The topological polar surface area (TPSA) is 68.3 Å². The third kappa shape index (κ3) is 4.91. The van der Waals surface area contributed by atoms with Crippen molar-refractivity contribution in [3.8, 4) is 0 Å². The van der Waals surface area contributed by atoms with Crippen LogP contribution in [-0.4, -0.2) is 32.9 Å². The summed E-state index contributed by atoms with van der Waals surface area (Å²) in [5.41, 5.74) is 0. The van der Waals surface area contributed by atoms with E-state index in [1.165, 1.54) is 13.3 Å². The summed E-state index contributed by atoms with van der Waals surface area (Å²) in [5, 5.41) is 0. The third-order valence-electron chi connectivity index (χ3n) is 1.74. The van der Waals surface area contributed by atoms with Gasteiger partial charge in [-0.25, -0.2) is 13.4 Å². The normalized spacial score (nSPS) is 11.4. The Balaban J connectivity index is 2.59. The van der Waals surface area contributed by atoms with E-state index >= 15 is 0 Å². The number of hydrogen-bond acceptors (Lipinski definition) is 4. The molecule has 0 atom stereocenters. The molecule has 0 fully saturated rings. The summed E-state index contributed by atoms with van der Waals surface area (Å²) in [4.78, 5) is 3.90. The van der Waals surface area contributed by atoms with E-state index in [9.17, 15) is 8.42 Å². The number of halogens is 1. The number of anilines is 1. The fourth-order valence-electron chi connectivity index (χ4n) is 1.06. The summed E-state index contributed by atoms with van der Waals surface area (Å²) in [7, 11) is -1.80. The molecule has 7 heteroatoms. The van der Waals surface area contributed by atoms with Crippen LogP contribution in [0.25, 0.3) is 0 Å². The van der Waals surface area contributed by atoms with Crippen molar-refractivity contribution in [2.75, 3.05) is 24.2 Å². The summed E-state index contributed by atoms with van der Waals surface area (Å²) in [6.07, 6.45) is 1.98. The number of aromatic nitrogens is 1. The van der Waals surface area contributed by atoms with Crippen molar-refractivity contribution in [3.63, 3.8) is 0 Å². The van der Waals surface area contributed by atoms with E-state index in [1.807, 2.05) is 0 Å². The Hall–Kier alpha value is -0.660. The number of sulfonamides is 1. The SMILES string of the molecule is COCCCS(=O)(=O)Nc1cc(Br)ccn1. The zero-order chi connectivity index (χ0) is 12.0. The van der Waals surface area contributed by atoms with E-state index < -0.39 is 10.0 Å². The molecule has 16 heavy (non-hydrogen) atoms. The molecule has 0 saturated carbocycles. The lowest BCUT2D eigenvalue weighted by molar-refractivity contribution is 0.199. The second-order valence-electron chi connectivity index (χ2n) is 3.13. The lowest BCUT2D eigenvalue weighted by Gasteiger charge is -2.06. The molecule has 0 unspecified atom stereocenters. The molecule has 90 valence electrons. The zero-order valence-corrected chi connectivity index (χ0v) is 11.2. The van der Waals surface area contributed by atoms with E-state index in [4.69, 9.17) is 4.74 Å². The third-order valence-corrected chi connectivity index (χ3v) is 3.58. The number of pyridine rings is 1. The van der Waals surface area contributed by atoms with Gasteiger partial charge in [0, 0.05) is 24.4 Å². The Morgan fingerprint density at radius 2 is 2.31 bits per heavy atom. The van der Waals surface area contributed by atoms with Gasteiger partial charge in [-0.05, 0) is 18.6 Å². The van der Waals surface area contributed by atoms with Gasteiger partial charge in [-0.3, -0.25) is 4.72 Å². The first-order chi connectivity index (χ1) is 7.53. The average Bonchev–Trinajstić information content (AvgIpc) is 2.17. The quantitative estimate of drug-likeness (QED) is 0.811. The van der Waals surface area contributed by atoms with E-state index in [-0.39, 0.29) is 5.75 Å². The molecule has 0 radical (unpaired) electrons. The predicted molar refractivity (Wildman–Crippen MR) is 65.8 cm³/mol. The number of hydrogen-bond donors (Lipinski definition) is 1. The van der Waals surface area contributed by atoms with Crippen molar-refractivity contribution in [1.29, 1.82) is 0 Å². The molecule has 0 aliphatic rings. The minimum atomic E-state index is -3.34. The van der Waals surface area contributed by atoms with Crippen LogP contribution in [0.3, 0.4) is 0 Å². The number of rotatable bonds is 6. The van der Waals surface area contributed by atoms with Gasteiger partial charge in [0.25, 0.3) is 0 Å². The molecular formula is C9H13BrN2O3S. The molecule has 1 aromatic heterocycles. The van der Waals surface area contributed by atoms with Crippen LogP contribution in [0.15, 0.2) is 22.8 Å². The summed E-state index contributed by atoms with van der Waals surface area (Å²) in [5.74, 6) is 0.335. The van der Waals surface area contributed by atoms with Gasteiger partial charge in [-0.15, -0.1) is 0 Å². The molecule has 0 aliphatic heterocycles. The minimum absolute atomic E-state index is 0.0229. The molecule has 0 saturated heterocycles. The van der Waals surface area contributed by atoms with Crippen LogP contribution in [-0.2, 0) is 14.8 Å². The van der Waals surface area contributed by atoms with E-state index in [2.05, 4.69) is 25.6 Å². The maximum atomic E-state index is 11.6. The largest absolute Gasteiger partial charge is 0.385 e. The minimum Gasteiger partial charge on any atom is -0.385 e. The second-order valence-corrected chi connectivity index (χ2v) is 5.88. The molecule has 1 N–H and O–H groups in total. The number of nitrogens with one attached hydrogen (secondary N) is 1. The highest BCUT2D eigenvalue weighted by atomic mass is 79.9. The highest BCUT2D eigenvalue weighted by Crippen LogP contribution is 2.13. The van der Waals surface area contributed by atoms with Gasteiger partial charge < -0.3 is 4.74 Å². The van der Waals surface area contributed by atoms with Gasteiger partial charge in [0.2, 0.25) is 10.0 Å². The molecule has 0 aromatic carbocycles. The summed E-state index contributed by atoms with van der Waals surface area (Å²) in [6, 6.07) is 3.33. The number of ether oxygens (including phenoxy) is 1. The summed E-state index contributed by atoms with van der Waals surface area (Å²) in [6.45, 7) is 0.423. The van der Waals surface area contributed by atoms with Crippen LogP contribution in [0.1, 0.15) is 6.42 Å². The van der Waals surface area contributed by atoms with Crippen molar-refractivity contribution in [1.82, 2.24) is 4.98 Å². The Bertz CT molecular complexity index is 436.